The number of carbonyl (C=O) groups is 5. The number of likely N-dealkylation sites (N-methyl/N-ethyl adjacent to an activating group) is 2. The average molecular weight is 1060 g/mol. The maximum Gasteiger partial charge on any atom is 0.324 e. The second kappa shape index (κ2) is 22.6. The van der Waals surface area contributed by atoms with E-state index >= 15 is 0 Å². The number of piperidine rings is 1. The number of amides is 5. The molecule has 18 nitrogen and oxygen atoms in total. The number of likely N-dealkylation sites (tertiary alicyclic amines) is 2. The zero-order valence-corrected chi connectivity index (χ0v) is 47.0. The Morgan fingerprint density at radius 3 is 2.43 bits per heavy atom. The minimum Gasteiger partial charge on any atom is -0.464 e. The van der Waals surface area contributed by atoms with Crippen LogP contribution >= 0.6 is 11.3 Å². The number of cyclic esters (lactones) is 1. The Bertz CT molecular complexity index is 2830. The van der Waals surface area contributed by atoms with Crippen LogP contribution in [-0.4, -0.2) is 174 Å². The van der Waals surface area contributed by atoms with Crippen LogP contribution in [0.25, 0.3) is 33.4 Å². The molecule has 6 bridgehead atoms. The Kier molecular flexibility index (Phi) is 16.3. The first kappa shape index (κ1) is 54.9. The number of pyridine rings is 1. The number of aromatic nitrogens is 3. The van der Waals surface area contributed by atoms with Gasteiger partial charge in [0, 0.05) is 119 Å². The number of urea groups is 1. The predicted octanol–water partition coefficient (Wildman–Crippen LogP) is 6.53. The fraction of sp³-hybridized carbons (Fsp3) is 0.596. The number of ether oxygens (including phenoxy) is 2. The molecule has 0 unspecified atom stereocenters. The number of fused-ring (bicyclic) bond motifs is 6. The highest BCUT2D eigenvalue weighted by Gasteiger charge is 2.44. The van der Waals surface area contributed by atoms with Crippen molar-refractivity contribution in [3.05, 3.63) is 64.8 Å². The lowest BCUT2D eigenvalue weighted by atomic mass is 9.78. The summed E-state index contributed by atoms with van der Waals surface area (Å²) in [5.41, 5.74) is 10.4. The van der Waals surface area contributed by atoms with E-state index in [4.69, 9.17) is 19.4 Å². The number of hydrazine groups is 1. The molecule has 3 aromatic heterocycles. The van der Waals surface area contributed by atoms with E-state index in [9.17, 15) is 24.0 Å². The highest BCUT2D eigenvalue weighted by molar-refractivity contribution is 7.10. The molecular weight excluding hydrogens is 983 g/mol. The number of piperazine rings is 1. The number of aryl methyl sites for hydroxylation is 1. The van der Waals surface area contributed by atoms with Gasteiger partial charge in [0.15, 0.2) is 0 Å². The van der Waals surface area contributed by atoms with E-state index in [2.05, 4.69) is 83.8 Å². The number of nitrogens with one attached hydrogen (secondary N) is 2. The normalized spacial score (nSPS) is 22.1. The highest BCUT2D eigenvalue weighted by atomic mass is 32.1. The first-order chi connectivity index (χ1) is 36.3. The monoisotopic (exact) mass is 1060 g/mol. The summed E-state index contributed by atoms with van der Waals surface area (Å²) < 4.78 is 14.6. The molecular formula is C57H79N11O7S. The number of hydrogen-bond acceptors (Lipinski definition) is 13. The van der Waals surface area contributed by atoms with E-state index in [1.807, 2.05) is 37.2 Å². The van der Waals surface area contributed by atoms with Crippen molar-refractivity contribution < 1.29 is 33.4 Å². The summed E-state index contributed by atoms with van der Waals surface area (Å²) in [6.45, 7) is 23.1. The standard InChI is InChI=1S/C57H79N11O7S/c1-11-48(69)66-23-19-57(34-66)17-21-65(22-18-57)55(73)63(9)50(36(3)4)52(70)60-44-30-47-59-45(33-76-47)38-15-16-46-40(28-38)42(31-56(6,7)35-75-54(72)43-14-13-20-68(61-43)53(44)71)51(67(46)12-2)41-29-39(32-58-49(41)37(5)74-10)64-26-24-62(8)25-27-64/h11,15-16,28-29,32-33,36-37,43-44,50,61H,1,12-14,17-27,30-31,34-35H2,2-10H3,(H,60,70)/t37-,43-,44-,50-/m0/s1. The number of anilines is 1. The predicted molar refractivity (Wildman–Crippen MR) is 295 cm³/mol. The summed E-state index contributed by atoms with van der Waals surface area (Å²) in [6, 6.07) is 5.73. The van der Waals surface area contributed by atoms with Crippen molar-refractivity contribution in [3.63, 3.8) is 0 Å². The van der Waals surface area contributed by atoms with Gasteiger partial charge in [-0.25, -0.2) is 15.2 Å². The lowest BCUT2D eigenvalue weighted by Gasteiger charge is -2.42. The Labute approximate surface area is 452 Å². The van der Waals surface area contributed by atoms with Gasteiger partial charge in [0.2, 0.25) is 11.8 Å². The summed E-state index contributed by atoms with van der Waals surface area (Å²) in [5.74, 6) is -1.68. The lowest BCUT2D eigenvalue weighted by molar-refractivity contribution is -0.155. The van der Waals surface area contributed by atoms with E-state index in [0.717, 1.165) is 95.8 Å². The molecule has 4 aromatic rings. The van der Waals surface area contributed by atoms with Crippen molar-refractivity contribution in [1.82, 2.24) is 49.9 Å². The molecule has 19 heteroatoms. The fourth-order valence-corrected chi connectivity index (χ4v) is 13.0. The van der Waals surface area contributed by atoms with Gasteiger partial charge in [-0.1, -0.05) is 40.3 Å². The van der Waals surface area contributed by atoms with Crippen LogP contribution in [0.1, 0.15) is 96.0 Å². The van der Waals surface area contributed by atoms with Gasteiger partial charge in [-0.15, -0.1) is 11.3 Å². The van der Waals surface area contributed by atoms with Crippen molar-refractivity contribution in [2.75, 3.05) is 91.6 Å². The van der Waals surface area contributed by atoms with Crippen LogP contribution in [0.4, 0.5) is 10.5 Å². The van der Waals surface area contributed by atoms with Crippen LogP contribution in [0.5, 0.6) is 0 Å². The summed E-state index contributed by atoms with van der Waals surface area (Å²) in [7, 11) is 5.53. The third kappa shape index (κ3) is 11.3. The maximum atomic E-state index is 14.8. The van der Waals surface area contributed by atoms with Gasteiger partial charge in [-0.2, -0.15) is 0 Å². The SMILES string of the molecule is C=CC(=O)N1CCC2(CCN(C(=O)N(C)[C@H](C(=O)N[C@H]3Cc4nc(cs4)-c4ccc5c(c4)c(c(-c4cc(N6CCN(C)CC6)cnc4[C@H](C)OC)n5CC)CC(C)(C)COC(=O)[C@@H]4CCCN(N4)C3=O)C(C)C)CC2)C1. The van der Waals surface area contributed by atoms with Crippen LogP contribution in [-0.2, 0) is 48.0 Å². The summed E-state index contributed by atoms with van der Waals surface area (Å²) >= 11 is 1.43. The van der Waals surface area contributed by atoms with Crippen molar-refractivity contribution in [2.45, 2.75) is 117 Å². The molecule has 1 aromatic carbocycles. The Balaban J connectivity index is 1.05. The number of carbonyl (C=O) groups excluding carboxylic acids is 5. The van der Waals surface area contributed by atoms with Crippen LogP contribution in [0.2, 0.25) is 0 Å². The number of rotatable bonds is 10. The highest BCUT2D eigenvalue weighted by Crippen LogP contribution is 2.44. The van der Waals surface area contributed by atoms with Crippen molar-refractivity contribution in [3.8, 4) is 22.5 Å². The second-order valence-corrected chi connectivity index (χ2v) is 24.0. The molecule has 9 rings (SSSR count). The zero-order valence-electron chi connectivity index (χ0n) is 46.2. The third-order valence-electron chi connectivity index (χ3n) is 16.7. The van der Waals surface area contributed by atoms with Crippen LogP contribution in [0.15, 0.2) is 48.5 Å². The van der Waals surface area contributed by atoms with Gasteiger partial charge in [0.05, 0.1) is 46.7 Å². The van der Waals surface area contributed by atoms with Crippen LogP contribution in [0.3, 0.4) is 0 Å². The molecule has 5 aliphatic rings. The topological polar surface area (TPSA) is 178 Å². The first-order valence-electron chi connectivity index (χ1n) is 27.4. The molecule has 0 aliphatic carbocycles. The van der Waals surface area contributed by atoms with Gasteiger partial charge in [0.25, 0.3) is 5.91 Å². The van der Waals surface area contributed by atoms with Crippen LogP contribution < -0.4 is 15.6 Å². The van der Waals surface area contributed by atoms with E-state index < -0.39 is 41.3 Å². The molecule has 76 heavy (non-hydrogen) atoms. The van der Waals surface area contributed by atoms with Crippen molar-refractivity contribution >= 4 is 57.6 Å². The molecule has 4 atom stereocenters. The summed E-state index contributed by atoms with van der Waals surface area (Å²) in [5, 5.41) is 8.24. The average Bonchev–Trinajstić information content (AvgIpc) is 4.15. The number of benzene rings is 1. The van der Waals surface area contributed by atoms with Gasteiger partial charge >= 0.3 is 12.0 Å². The number of methoxy groups -OCH3 is 1. The van der Waals surface area contributed by atoms with Gasteiger partial charge in [-0.05, 0) is 101 Å². The molecule has 5 amide bonds. The number of thiazole rings is 1. The third-order valence-corrected chi connectivity index (χ3v) is 17.6. The smallest absolute Gasteiger partial charge is 0.324 e. The summed E-state index contributed by atoms with van der Waals surface area (Å²) in [6.07, 6.45) is 7.11. The van der Waals surface area contributed by atoms with Gasteiger partial charge < -0.3 is 43.9 Å². The zero-order chi connectivity index (χ0) is 54.2. The number of esters is 1. The van der Waals surface area contributed by atoms with Gasteiger partial charge in [-0.3, -0.25) is 29.2 Å². The Morgan fingerprint density at radius 2 is 1.75 bits per heavy atom. The summed E-state index contributed by atoms with van der Waals surface area (Å²) in [4.78, 5) is 90.5. The molecule has 2 N–H and O–H groups in total. The Hall–Kier alpha value is -5.89. The molecule has 410 valence electrons. The largest absolute Gasteiger partial charge is 0.464 e. The van der Waals surface area contributed by atoms with Gasteiger partial charge in [0.1, 0.15) is 18.1 Å². The molecule has 1 spiro atoms. The minimum atomic E-state index is -1.08. The maximum absolute atomic E-state index is 14.8. The molecule has 4 saturated heterocycles. The molecule has 0 saturated carbocycles. The first-order valence-corrected chi connectivity index (χ1v) is 28.2. The van der Waals surface area contributed by atoms with E-state index in [1.165, 1.54) is 27.3 Å². The van der Waals surface area contributed by atoms with E-state index in [1.54, 1.807) is 19.1 Å². The number of hydrogen-bond donors (Lipinski definition) is 2. The molecule has 8 heterocycles. The molecule has 0 radical (unpaired) electrons. The van der Waals surface area contributed by atoms with E-state index in [-0.39, 0.29) is 42.4 Å². The Morgan fingerprint density at radius 1 is 1.03 bits per heavy atom. The number of nitrogens with zero attached hydrogens (tertiary/aromatic N) is 9. The van der Waals surface area contributed by atoms with E-state index in [0.29, 0.717) is 63.5 Å². The molecule has 4 fully saturated rings. The lowest BCUT2D eigenvalue weighted by Crippen LogP contribution is -2.62. The van der Waals surface area contributed by atoms with Crippen molar-refractivity contribution in [2.24, 2.45) is 16.7 Å². The minimum absolute atomic E-state index is 0.0416. The fourth-order valence-electron chi connectivity index (χ4n) is 12.2. The second-order valence-electron chi connectivity index (χ2n) is 23.0. The van der Waals surface area contributed by atoms with Crippen LogP contribution in [0, 0.1) is 16.7 Å². The quantitative estimate of drug-likeness (QED) is 0.130. The molecule has 5 aliphatic heterocycles. The van der Waals surface area contributed by atoms with Crippen molar-refractivity contribution in [1.29, 1.82) is 0 Å².